The van der Waals surface area contributed by atoms with Gasteiger partial charge in [0.25, 0.3) is 5.95 Å². The van der Waals surface area contributed by atoms with Gasteiger partial charge < -0.3 is 15.2 Å². The lowest BCUT2D eigenvalue weighted by Crippen LogP contribution is -2.39. The van der Waals surface area contributed by atoms with Crippen LogP contribution in [0.25, 0.3) is 5.95 Å². The van der Waals surface area contributed by atoms with Gasteiger partial charge in [-0.15, -0.1) is 0 Å². The Balaban J connectivity index is 1.89. The first-order valence-electron chi connectivity index (χ1n) is 4.92. The molecule has 88 valence electrons. The number of nitrogens with zero attached hydrogens (tertiary/aromatic N) is 6. The van der Waals surface area contributed by atoms with Crippen LogP contribution in [0.4, 0.5) is 5.95 Å². The maximum absolute atomic E-state index is 5.57. The van der Waals surface area contributed by atoms with Gasteiger partial charge >= 0.3 is 6.01 Å². The Labute approximate surface area is 95.6 Å². The molecule has 9 heteroatoms. The Hall–Kier alpha value is -2.29. The van der Waals surface area contributed by atoms with Gasteiger partial charge in [0.05, 0.1) is 13.2 Å². The minimum atomic E-state index is -0.0274. The molecule has 2 N–H and O–H groups in total. The number of hydrogen-bond acceptors (Lipinski definition) is 8. The lowest BCUT2D eigenvalue weighted by molar-refractivity contribution is -0.0831. The van der Waals surface area contributed by atoms with Crippen molar-refractivity contribution in [2.45, 2.75) is 6.10 Å². The molecule has 2 aromatic heterocycles. The van der Waals surface area contributed by atoms with E-state index in [-0.39, 0.29) is 24.0 Å². The minimum absolute atomic E-state index is 0.0274. The van der Waals surface area contributed by atoms with Gasteiger partial charge in [-0.25, -0.2) is 4.98 Å². The third-order valence-electron chi connectivity index (χ3n) is 2.12. The second-order valence-electron chi connectivity index (χ2n) is 3.39. The largest absolute Gasteiger partial charge is 0.455 e. The Morgan fingerprint density at radius 2 is 2.24 bits per heavy atom. The second kappa shape index (κ2) is 3.94. The summed E-state index contributed by atoms with van der Waals surface area (Å²) in [5, 5.41) is 3.90. The van der Waals surface area contributed by atoms with Gasteiger partial charge in [0, 0.05) is 0 Å². The van der Waals surface area contributed by atoms with Crippen molar-refractivity contribution in [2.75, 3.05) is 18.9 Å². The number of rotatable bonds is 3. The van der Waals surface area contributed by atoms with Crippen molar-refractivity contribution < 1.29 is 9.47 Å². The molecule has 3 rings (SSSR count). The molecule has 0 bridgehead atoms. The highest BCUT2D eigenvalue weighted by molar-refractivity contribution is 5.24. The highest BCUT2D eigenvalue weighted by Gasteiger charge is 2.22. The summed E-state index contributed by atoms with van der Waals surface area (Å²) in [5.74, 6) is 0.339. The van der Waals surface area contributed by atoms with Gasteiger partial charge in [-0.3, -0.25) is 0 Å². The molecule has 0 amide bonds. The predicted octanol–water partition coefficient (Wildman–Crippen LogP) is -1.19. The van der Waals surface area contributed by atoms with Crippen molar-refractivity contribution in [1.82, 2.24) is 29.7 Å². The highest BCUT2D eigenvalue weighted by atomic mass is 16.6. The Morgan fingerprint density at radius 1 is 1.35 bits per heavy atom. The second-order valence-corrected chi connectivity index (χ2v) is 3.39. The van der Waals surface area contributed by atoms with Crippen LogP contribution in [0.3, 0.4) is 0 Å². The molecule has 0 radical (unpaired) electrons. The molecule has 1 aliphatic rings. The zero-order chi connectivity index (χ0) is 11.7. The zero-order valence-corrected chi connectivity index (χ0v) is 8.72. The van der Waals surface area contributed by atoms with Crippen LogP contribution in [-0.2, 0) is 4.74 Å². The predicted molar refractivity (Wildman–Crippen MR) is 54.4 cm³/mol. The molecule has 0 atom stereocenters. The average molecular weight is 235 g/mol. The van der Waals surface area contributed by atoms with E-state index in [0.717, 1.165) is 0 Å². The fraction of sp³-hybridized carbons (Fsp3) is 0.375. The number of hydrogen-bond donors (Lipinski definition) is 1. The summed E-state index contributed by atoms with van der Waals surface area (Å²) >= 11 is 0. The summed E-state index contributed by atoms with van der Waals surface area (Å²) in [4.78, 5) is 15.7. The van der Waals surface area contributed by atoms with Crippen LogP contribution >= 0.6 is 0 Å². The molecule has 1 fully saturated rings. The Morgan fingerprint density at radius 3 is 2.88 bits per heavy atom. The van der Waals surface area contributed by atoms with Crippen LogP contribution in [0.15, 0.2) is 12.7 Å². The average Bonchev–Trinajstić information content (AvgIpc) is 2.76. The zero-order valence-electron chi connectivity index (χ0n) is 8.72. The molecule has 2 aromatic rings. The van der Waals surface area contributed by atoms with Crippen LogP contribution in [0.1, 0.15) is 0 Å². The van der Waals surface area contributed by atoms with E-state index in [1.165, 1.54) is 17.3 Å². The first-order chi connectivity index (χ1) is 8.31. The fourth-order valence-electron chi connectivity index (χ4n) is 1.26. The van der Waals surface area contributed by atoms with Gasteiger partial charge in [-0.2, -0.15) is 24.7 Å². The van der Waals surface area contributed by atoms with E-state index in [1.54, 1.807) is 0 Å². The normalized spacial score (nSPS) is 15.5. The van der Waals surface area contributed by atoms with Crippen molar-refractivity contribution in [3.63, 3.8) is 0 Å². The van der Waals surface area contributed by atoms with Crippen LogP contribution in [-0.4, -0.2) is 49.0 Å². The highest BCUT2D eigenvalue weighted by Crippen LogP contribution is 2.13. The van der Waals surface area contributed by atoms with E-state index in [1.807, 2.05) is 0 Å². The monoisotopic (exact) mass is 235 g/mol. The van der Waals surface area contributed by atoms with Crippen molar-refractivity contribution >= 4 is 5.95 Å². The standard InChI is InChI=1S/C8H9N7O2/c9-6-12-7(15-4-10-3-11-15)14-8(13-6)17-5-1-16-2-5/h3-5H,1-2H2,(H2,9,12,13,14). The van der Waals surface area contributed by atoms with Crippen molar-refractivity contribution in [3.05, 3.63) is 12.7 Å². The minimum Gasteiger partial charge on any atom is -0.455 e. The molecule has 9 nitrogen and oxygen atoms in total. The number of nitrogens with two attached hydrogens (primary N) is 1. The van der Waals surface area contributed by atoms with E-state index in [4.69, 9.17) is 15.2 Å². The van der Waals surface area contributed by atoms with E-state index >= 15 is 0 Å². The van der Waals surface area contributed by atoms with E-state index in [2.05, 4.69) is 25.0 Å². The molecular weight excluding hydrogens is 226 g/mol. The molecule has 0 aliphatic carbocycles. The molecule has 0 spiro atoms. The van der Waals surface area contributed by atoms with Gasteiger partial charge in [-0.05, 0) is 0 Å². The molecule has 0 saturated carbocycles. The number of nitrogen functional groups attached to an aromatic ring is 1. The smallest absolute Gasteiger partial charge is 0.323 e. The van der Waals surface area contributed by atoms with E-state index in [0.29, 0.717) is 13.2 Å². The summed E-state index contributed by atoms with van der Waals surface area (Å²) in [5.41, 5.74) is 5.57. The molecular formula is C8H9N7O2. The van der Waals surface area contributed by atoms with Crippen molar-refractivity contribution in [3.8, 4) is 12.0 Å². The molecule has 0 unspecified atom stereocenters. The summed E-state index contributed by atoms with van der Waals surface area (Å²) < 4.78 is 11.8. The van der Waals surface area contributed by atoms with Gasteiger partial charge in [0.1, 0.15) is 18.8 Å². The molecule has 17 heavy (non-hydrogen) atoms. The Bertz CT molecular complexity index is 511. The van der Waals surface area contributed by atoms with Crippen LogP contribution < -0.4 is 10.5 Å². The summed E-state index contributed by atoms with van der Waals surface area (Å²) in [6.45, 7) is 1.06. The fourth-order valence-corrected chi connectivity index (χ4v) is 1.26. The lowest BCUT2D eigenvalue weighted by atomic mass is 10.3. The molecule has 1 saturated heterocycles. The maximum atomic E-state index is 5.57. The molecule has 0 aromatic carbocycles. The van der Waals surface area contributed by atoms with E-state index in [9.17, 15) is 0 Å². The van der Waals surface area contributed by atoms with Gasteiger partial charge in [0.15, 0.2) is 0 Å². The topological polar surface area (TPSA) is 114 Å². The van der Waals surface area contributed by atoms with Crippen molar-refractivity contribution in [2.24, 2.45) is 0 Å². The first kappa shape index (κ1) is 9.90. The third kappa shape index (κ3) is 1.99. The molecule has 1 aliphatic heterocycles. The van der Waals surface area contributed by atoms with Crippen LogP contribution in [0.2, 0.25) is 0 Å². The first-order valence-corrected chi connectivity index (χ1v) is 4.92. The Kier molecular flexibility index (Phi) is 2.29. The molecule has 3 heterocycles. The number of aromatic nitrogens is 6. The third-order valence-corrected chi connectivity index (χ3v) is 2.12. The maximum Gasteiger partial charge on any atom is 0.323 e. The van der Waals surface area contributed by atoms with E-state index < -0.39 is 0 Å². The van der Waals surface area contributed by atoms with Gasteiger partial charge in [0.2, 0.25) is 5.95 Å². The van der Waals surface area contributed by atoms with Crippen LogP contribution in [0.5, 0.6) is 6.01 Å². The summed E-state index contributed by atoms with van der Waals surface area (Å²) in [6, 6.07) is 0.163. The quantitative estimate of drug-likeness (QED) is 0.706. The SMILES string of the molecule is Nc1nc(OC2COC2)nc(-n2cncn2)n1. The number of ether oxygens (including phenoxy) is 2. The summed E-state index contributed by atoms with van der Waals surface area (Å²) in [7, 11) is 0. The van der Waals surface area contributed by atoms with Gasteiger partial charge in [-0.1, -0.05) is 0 Å². The lowest BCUT2D eigenvalue weighted by Gasteiger charge is -2.25. The van der Waals surface area contributed by atoms with Crippen molar-refractivity contribution in [1.29, 1.82) is 0 Å². The summed E-state index contributed by atoms with van der Waals surface area (Å²) in [6.07, 6.45) is 2.81. The number of anilines is 1. The van der Waals surface area contributed by atoms with Crippen LogP contribution in [0, 0.1) is 0 Å².